The topological polar surface area (TPSA) is 79.8 Å². The maximum absolute atomic E-state index is 13.6. The van der Waals surface area contributed by atoms with Crippen LogP contribution in [0.4, 0.5) is 19.0 Å². The molecule has 0 saturated carbocycles. The Kier molecular flexibility index (Phi) is 10.5. The zero-order valence-electron chi connectivity index (χ0n) is 20.4. The fraction of sp³-hybridized carbons (Fsp3) is 0.385. The summed E-state index contributed by atoms with van der Waals surface area (Å²) in [5.41, 5.74) is -0.143. The lowest BCUT2D eigenvalue weighted by atomic mass is 10.1. The average molecular weight is 556 g/mol. The van der Waals surface area contributed by atoms with Crippen molar-refractivity contribution in [2.45, 2.75) is 58.0 Å². The fourth-order valence-electron chi connectivity index (χ4n) is 3.71. The summed E-state index contributed by atoms with van der Waals surface area (Å²) in [6, 6.07) is 5.97. The van der Waals surface area contributed by atoms with E-state index in [0.717, 1.165) is 25.3 Å². The SMILES string of the molecule is CCCCCCCCCNc1nc2c(C(F)(F)F)cc(-c3ccoc3)cn2c1Cl.O=C(O)c1cccs1. The summed E-state index contributed by atoms with van der Waals surface area (Å²) in [5, 5.41) is 13.2. The molecule has 0 aliphatic heterocycles. The van der Waals surface area contributed by atoms with Crippen LogP contribution in [-0.2, 0) is 6.18 Å². The number of aromatic nitrogens is 2. The maximum Gasteiger partial charge on any atom is 0.420 e. The summed E-state index contributed by atoms with van der Waals surface area (Å²) in [7, 11) is 0. The molecule has 0 bridgehead atoms. The number of fused-ring (bicyclic) bond motifs is 1. The van der Waals surface area contributed by atoms with E-state index in [9.17, 15) is 18.0 Å². The van der Waals surface area contributed by atoms with Gasteiger partial charge in [0, 0.05) is 23.9 Å². The fourth-order valence-corrected chi connectivity index (χ4v) is 4.51. The molecule has 0 unspecified atom stereocenters. The van der Waals surface area contributed by atoms with Gasteiger partial charge in [-0.3, -0.25) is 4.40 Å². The quantitative estimate of drug-likeness (QED) is 0.181. The molecule has 0 amide bonds. The minimum Gasteiger partial charge on any atom is -0.477 e. The first-order valence-corrected chi connectivity index (χ1v) is 13.3. The highest BCUT2D eigenvalue weighted by molar-refractivity contribution is 7.11. The minimum absolute atomic E-state index is 0.138. The van der Waals surface area contributed by atoms with Crippen LogP contribution >= 0.6 is 22.9 Å². The van der Waals surface area contributed by atoms with E-state index in [1.807, 2.05) is 0 Å². The molecule has 0 radical (unpaired) electrons. The first kappa shape index (κ1) is 28.6. The Morgan fingerprint density at radius 1 is 1.16 bits per heavy atom. The number of nitrogens with zero attached hydrogens (tertiary/aromatic N) is 2. The van der Waals surface area contributed by atoms with Gasteiger partial charge in [-0.15, -0.1) is 11.3 Å². The van der Waals surface area contributed by atoms with Gasteiger partial charge in [0.1, 0.15) is 4.88 Å². The Morgan fingerprint density at radius 2 is 1.89 bits per heavy atom. The summed E-state index contributed by atoms with van der Waals surface area (Å²) in [4.78, 5) is 14.6. The van der Waals surface area contributed by atoms with Crippen LogP contribution in [0.2, 0.25) is 5.15 Å². The van der Waals surface area contributed by atoms with Crippen LogP contribution in [0.1, 0.15) is 67.1 Å². The second-order valence-corrected chi connectivity index (χ2v) is 9.73. The molecule has 2 N–H and O–H groups in total. The number of carboxylic acid groups (broad SMARTS) is 1. The molecule has 0 fully saturated rings. The lowest BCUT2D eigenvalue weighted by molar-refractivity contribution is -0.136. The van der Waals surface area contributed by atoms with Gasteiger partial charge in [0.15, 0.2) is 16.6 Å². The van der Waals surface area contributed by atoms with Crippen LogP contribution in [0.3, 0.4) is 0 Å². The van der Waals surface area contributed by atoms with E-state index in [2.05, 4.69) is 17.2 Å². The molecule has 0 atom stereocenters. The molecule has 11 heteroatoms. The second kappa shape index (κ2) is 13.5. The van der Waals surface area contributed by atoms with E-state index in [4.69, 9.17) is 21.1 Å². The monoisotopic (exact) mass is 555 g/mol. The number of furan rings is 1. The number of alkyl halides is 3. The first-order valence-electron chi connectivity index (χ1n) is 12.0. The van der Waals surface area contributed by atoms with E-state index in [1.165, 1.54) is 53.9 Å². The molecule has 0 aliphatic rings. The van der Waals surface area contributed by atoms with Crippen LogP contribution in [-0.4, -0.2) is 27.0 Å². The highest BCUT2D eigenvalue weighted by Gasteiger charge is 2.35. The molecule has 4 aromatic rings. The Morgan fingerprint density at radius 3 is 2.46 bits per heavy atom. The smallest absolute Gasteiger partial charge is 0.420 e. The largest absolute Gasteiger partial charge is 0.477 e. The van der Waals surface area contributed by atoms with Gasteiger partial charge in [-0.25, -0.2) is 9.78 Å². The number of imidazole rings is 1. The Hall–Kier alpha value is -2.98. The molecule has 0 saturated heterocycles. The molecular weight excluding hydrogens is 527 g/mol. The van der Waals surface area contributed by atoms with Crippen LogP contribution in [0, 0.1) is 0 Å². The number of hydrogen-bond donors (Lipinski definition) is 2. The molecule has 4 heterocycles. The number of unbranched alkanes of at least 4 members (excludes halogenated alkanes) is 6. The van der Waals surface area contributed by atoms with E-state index in [1.54, 1.807) is 29.8 Å². The predicted molar refractivity (Wildman–Crippen MR) is 141 cm³/mol. The standard InChI is InChI=1S/C21H25ClF3N3O.C5H4O2S/c1-2-3-4-5-6-7-8-10-26-19-18(22)28-13-16(15-9-11-29-14-15)12-17(20(28)27-19)21(23,24)25;6-5(7)4-2-1-3-8-4/h9,11-14,26H,2-8,10H2,1H3;1-3H,(H,6,7). The summed E-state index contributed by atoms with van der Waals surface area (Å²) >= 11 is 7.59. The molecule has 4 rings (SSSR count). The normalized spacial score (nSPS) is 11.4. The first-order chi connectivity index (χ1) is 17.7. The van der Waals surface area contributed by atoms with E-state index < -0.39 is 17.7 Å². The number of carbonyl (C=O) groups is 1. The number of thiophene rings is 1. The van der Waals surface area contributed by atoms with Gasteiger partial charge < -0.3 is 14.8 Å². The number of rotatable bonds is 11. The van der Waals surface area contributed by atoms with Crippen molar-refractivity contribution in [2.24, 2.45) is 0 Å². The van der Waals surface area contributed by atoms with Gasteiger partial charge in [-0.1, -0.05) is 63.1 Å². The van der Waals surface area contributed by atoms with Crippen molar-refractivity contribution in [3.05, 3.63) is 64.0 Å². The van der Waals surface area contributed by atoms with Gasteiger partial charge in [-0.2, -0.15) is 13.2 Å². The van der Waals surface area contributed by atoms with Gasteiger partial charge >= 0.3 is 12.1 Å². The van der Waals surface area contributed by atoms with Crippen LogP contribution < -0.4 is 5.32 Å². The van der Waals surface area contributed by atoms with Crippen molar-refractivity contribution in [3.63, 3.8) is 0 Å². The lowest BCUT2D eigenvalue weighted by Gasteiger charge is -2.10. The highest BCUT2D eigenvalue weighted by atomic mass is 35.5. The van der Waals surface area contributed by atoms with Crippen molar-refractivity contribution in [1.29, 1.82) is 0 Å². The molecule has 37 heavy (non-hydrogen) atoms. The predicted octanol–water partition coefficient (Wildman–Crippen LogP) is 8.88. The van der Waals surface area contributed by atoms with Crippen molar-refractivity contribution >= 4 is 40.4 Å². The lowest BCUT2D eigenvalue weighted by Crippen LogP contribution is -2.08. The number of aromatic carboxylic acids is 1. The van der Waals surface area contributed by atoms with Gasteiger partial charge in [0.25, 0.3) is 0 Å². The van der Waals surface area contributed by atoms with E-state index >= 15 is 0 Å². The summed E-state index contributed by atoms with van der Waals surface area (Å²) in [5.74, 6) is -0.576. The zero-order chi connectivity index (χ0) is 26.8. The van der Waals surface area contributed by atoms with Gasteiger partial charge in [-0.05, 0) is 30.0 Å². The van der Waals surface area contributed by atoms with Crippen molar-refractivity contribution in [3.8, 4) is 11.1 Å². The third-order valence-electron chi connectivity index (χ3n) is 5.63. The van der Waals surface area contributed by atoms with Crippen LogP contribution in [0.5, 0.6) is 0 Å². The molecule has 0 aliphatic carbocycles. The van der Waals surface area contributed by atoms with Crippen molar-refractivity contribution in [2.75, 3.05) is 11.9 Å². The molecule has 4 aromatic heterocycles. The molecule has 0 aromatic carbocycles. The number of halogens is 4. The van der Waals surface area contributed by atoms with Crippen LogP contribution in [0.15, 0.2) is 52.8 Å². The molecule has 200 valence electrons. The number of anilines is 1. The number of pyridine rings is 1. The highest BCUT2D eigenvalue weighted by Crippen LogP contribution is 2.38. The Bertz CT molecular complexity index is 1260. The summed E-state index contributed by atoms with van der Waals surface area (Å²) in [6.07, 6.45) is 7.90. The Labute approximate surface area is 222 Å². The number of hydrogen-bond acceptors (Lipinski definition) is 5. The third-order valence-corrected chi connectivity index (χ3v) is 6.85. The summed E-state index contributed by atoms with van der Waals surface area (Å²) in [6.45, 7) is 2.80. The maximum atomic E-state index is 13.6. The zero-order valence-corrected chi connectivity index (χ0v) is 21.9. The average Bonchev–Trinajstić information content (AvgIpc) is 3.63. The Balaban J connectivity index is 0.000000405. The van der Waals surface area contributed by atoms with Gasteiger partial charge in [0.2, 0.25) is 0 Å². The van der Waals surface area contributed by atoms with E-state index in [0.29, 0.717) is 22.5 Å². The number of nitrogens with one attached hydrogen (secondary N) is 1. The van der Waals surface area contributed by atoms with Crippen molar-refractivity contribution < 1.29 is 27.5 Å². The third kappa shape index (κ3) is 8.00. The minimum atomic E-state index is -4.55. The molecule has 0 spiro atoms. The van der Waals surface area contributed by atoms with Gasteiger partial charge in [0.05, 0.1) is 18.1 Å². The molecule has 6 nitrogen and oxygen atoms in total. The second-order valence-electron chi connectivity index (χ2n) is 8.43. The summed E-state index contributed by atoms with van der Waals surface area (Å²) < 4.78 is 47.1. The van der Waals surface area contributed by atoms with E-state index in [-0.39, 0.29) is 16.6 Å². The van der Waals surface area contributed by atoms with Crippen molar-refractivity contribution in [1.82, 2.24) is 9.38 Å². The number of carboxylic acids is 1. The van der Waals surface area contributed by atoms with Crippen LogP contribution in [0.25, 0.3) is 16.8 Å². The molecular formula is C26H29ClF3N3O3S.